The lowest BCUT2D eigenvalue weighted by Gasteiger charge is -2.18. The summed E-state index contributed by atoms with van der Waals surface area (Å²) in [5, 5.41) is 7.56. The van der Waals surface area contributed by atoms with Crippen LogP contribution in [-0.4, -0.2) is 42.9 Å². The van der Waals surface area contributed by atoms with Crippen LogP contribution in [-0.2, 0) is 16.1 Å². The highest BCUT2D eigenvalue weighted by Gasteiger charge is 2.12. The molecule has 5 nitrogen and oxygen atoms in total. The molecule has 0 saturated heterocycles. The van der Waals surface area contributed by atoms with Gasteiger partial charge in [0.2, 0.25) is 11.8 Å². The third-order valence-electron chi connectivity index (χ3n) is 2.60. The molecular formula is C13H21N3O2S. The molecular weight excluding hydrogens is 262 g/mol. The summed E-state index contributed by atoms with van der Waals surface area (Å²) in [6, 6.07) is 3.94. The lowest BCUT2D eigenvalue weighted by atomic mass is 10.4. The Morgan fingerprint density at radius 2 is 1.89 bits per heavy atom. The lowest BCUT2D eigenvalue weighted by Crippen LogP contribution is -2.42. The summed E-state index contributed by atoms with van der Waals surface area (Å²) in [6.07, 6.45) is 0. The normalized spacial score (nSPS) is 10.5. The maximum absolute atomic E-state index is 11.8. The molecule has 106 valence electrons. The van der Waals surface area contributed by atoms with Crippen LogP contribution in [0.2, 0.25) is 0 Å². The molecule has 0 atom stereocenters. The van der Waals surface area contributed by atoms with Crippen molar-refractivity contribution in [1.82, 2.24) is 15.5 Å². The van der Waals surface area contributed by atoms with Crippen molar-refractivity contribution in [1.29, 1.82) is 0 Å². The minimum absolute atomic E-state index is 0.0459. The summed E-state index contributed by atoms with van der Waals surface area (Å²) < 4.78 is 0. The zero-order chi connectivity index (χ0) is 14.1. The van der Waals surface area contributed by atoms with E-state index in [1.807, 2.05) is 36.3 Å². The third kappa shape index (κ3) is 6.35. The molecule has 0 spiro atoms. The van der Waals surface area contributed by atoms with E-state index in [1.165, 1.54) is 0 Å². The predicted octanol–water partition coefficient (Wildman–Crippen LogP) is 0.822. The molecule has 0 aliphatic rings. The Labute approximate surface area is 118 Å². The van der Waals surface area contributed by atoms with Gasteiger partial charge in [0.25, 0.3) is 0 Å². The first kappa shape index (κ1) is 15.7. The molecule has 1 aromatic rings. The first-order valence-corrected chi connectivity index (χ1v) is 7.31. The molecule has 19 heavy (non-hydrogen) atoms. The average Bonchev–Trinajstić information content (AvgIpc) is 2.89. The van der Waals surface area contributed by atoms with E-state index in [0.29, 0.717) is 19.6 Å². The molecule has 0 aliphatic heterocycles. The summed E-state index contributed by atoms with van der Waals surface area (Å²) in [6.45, 7) is 6.16. The summed E-state index contributed by atoms with van der Waals surface area (Å²) >= 11 is 1.61. The minimum atomic E-state index is -0.0560. The van der Waals surface area contributed by atoms with Gasteiger partial charge >= 0.3 is 0 Å². The Morgan fingerprint density at radius 3 is 2.42 bits per heavy atom. The van der Waals surface area contributed by atoms with Gasteiger partial charge in [0, 0.05) is 11.4 Å². The molecule has 0 saturated carbocycles. The zero-order valence-electron chi connectivity index (χ0n) is 11.4. The fourth-order valence-electron chi connectivity index (χ4n) is 1.59. The van der Waals surface area contributed by atoms with Gasteiger partial charge in [-0.1, -0.05) is 13.0 Å². The number of nitrogens with zero attached hydrogens (tertiary/aromatic N) is 1. The number of nitrogens with one attached hydrogen (secondary N) is 2. The van der Waals surface area contributed by atoms with Gasteiger partial charge in [-0.25, -0.2) is 0 Å². The van der Waals surface area contributed by atoms with Crippen molar-refractivity contribution < 1.29 is 9.59 Å². The van der Waals surface area contributed by atoms with Gasteiger partial charge in [-0.2, -0.15) is 0 Å². The highest BCUT2D eigenvalue weighted by Crippen LogP contribution is 2.07. The van der Waals surface area contributed by atoms with Crippen LogP contribution in [0, 0.1) is 0 Å². The van der Waals surface area contributed by atoms with Crippen LogP contribution >= 0.6 is 11.3 Å². The molecule has 1 aromatic heterocycles. The summed E-state index contributed by atoms with van der Waals surface area (Å²) in [5.41, 5.74) is 0. The topological polar surface area (TPSA) is 61.4 Å². The summed E-state index contributed by atoms with van der Waals surface area (Å²) in [4.78, 5) is 26.2. The van der Waals surface area contributed by atoms with E-state index in [9.17, 15) is 9.59 Å². The number of carbonyl (C=O) groups is 2. The molecule has 1 rings (SSSR count). The van der Waals surface area contributed by atoms with Gasteiger partial charge in [-0.15, -0.1) is 11.3 Å². The largest absolute Gasteiger partial charge is 0.355 e. The summed E-state index contributed by atoms with van der Waals surface area (Å²) in [7, 11) is 0. The Balaban J connectivity index is 2.30. The van der Waals surface area contributed by atoms with E-state index < -0.39 is 0 Å². The molecule has 6 heteroatoms. The van der Waals surface area contributed by atoms with E-state index >= 15 is 0 Å². The van der Waals surface area contributed by atoms with Crippen LogP contribution in [0.4, 0.5) is 0 Å². The Morgan fingerprint density at radius 1 is 1.21 bits per heavy atom. The third-order valence-corrected chi connectivity index (χ3v) is 3.47. The van der Waals surface area contributed by atoms with Crippen LogP contribution in [0.3, 0.4) is 0 Å². The minimum Gasteiger partial charge on any atom is -0.355 e. The standard InChI is InChI=1S/C13H21N3O2S/c1-3-14-12(17)9-16(4-2)10-13(18)15-8-11-6-5-7-19-11/h5-7H,3-4,8-10H2,1-2H3,(H,14,17)(H,15,18). The first-order chi connectivity index (χ1) is 9.15. The second kappa shape index (κ2) is 8.66. The predicted molar refractivity (Wildman–Crippen MR) is 77.0 cm³/mol. The van der Waals surface area contributed by atoms with Crippen LogP contribution in [0.25, 0.3) is 0 Å². The molecule has 0 aliphatic carbocycles. The van der Waals surface area contributed by atoms with Crippen molar-refractivity contribution in [3.8, 4) is 0 Å². The van der Waals surface area contributed by atoms with Crippen molar-refractivity contribution in [3.05, 3.63) is 22.4 Å². The lowest BCUT2D eigenvalue weighted by molar-refractivity contribution is -0.125. The van der Waals surface area contributed by atoms with Crippen molar-refractivity contribution in [2.24, 2.45) is 0 Å². The molecule has 2 N–H and O–H groups in total. The van der Waals surface area contributed by atoms with Crippen molar-refractivity contribution >= 4 is 23.2 Å². The number of likely N-dealkylation sites (N-methyl/N-ethyl adjacent to an activating group) is 2. The van der Waals surface area contributed by atoms with Crippen LogP contribution in [0.5, 0.6) is 0 Å². The zero-order valence-corrected chi connectivity index (χ0v) is 12.3. The van der Waals surface area contributed by atoms with Gasteiger partial charge in [0.15, 0.2) is 0 Å². The van der Waals surface area contributed by atoms with Gasteiger partial charge < -0.3 is 10.6 Å². The SMILES string of the molecule is CCNC(=O)CN(CC)CC(=O)NCc1cccs1. The van der Waals surface area contributed by atoms with E-state index in [0.717, 1.165) is 4.88 Å². The average molecular weight is 283 g/mol. The second-order valence-electron chi connectivity index (χ2n) is 4.11. The van der Waals surface area contributed by atoms with Crippen molar-refractivity contribution in [2.45, 2.75) is 20.4 Å². The van der Waals surface area contributed by atoms with E-state index in [-0.39, 0.29) is 24.9 Å². The summed E-state index contributed by atoms with van der Waals surface area (Å²) in [5.74, 6) is -0.102. The number of carbonyl (C=O) groups excluding carboxylic acids is 2. The monoisotopic (exact) mass is 283 g/mol. The van der Waals surface area contributed by atoms with Gasteiger partial charge in [0.1, 0.15) is 0 Å². The molecule has 0 radical (unpaired) electrons. The number of thiophene rings is 1. The number of hydrogen-bond donors (Lipinski definition) is 2. The fourth-order valence-corrected chi connectivity index (χ4v) is 2.24. The van der Waals surface area contributed by atoms with Crippen molar-refractivity contribution in [2.75, 3.05) is 26.2 Å². The maximum Gasteiger partial charge on any atom is 0.234 e. The number of rotatable bonds is 8. The van der Waals surface area contributed by atoms with Gasteiger partial charge in [-0.05, 0) is 24.9 Å². The van der Waals surface area contributed by atoms with E-state index in [1.54, 1.807) is 11.3 Å². The second-order valence-corrected chi connectivity index (χ2v) is 5.15. The highest BCUT2D eigenvalue weighted by molar-refractivity contribution is 7.09. The highest BCUT2D eigenvalue weighted by atomic mass is 32.1. The molecule has 0 unspecified atom stereocenters. The Bertz CT molecular complexity index is 393. The molecule has 0 aromatic carbocycles. The quantitative estimate of drug-likeness (QED) is 0.742. The Kier molecular flexibility index (Phi) is 7.14. The number of amides is 2. The molecule has 0 bridgehead atoms. The van der Waals surface area contributed by atoms with Gasteiger partial charge in [0.05, 0.1) is 19.6 Å². The van der Waals surface area contributed by atoms with Crippen molar-refractivity contribution in [3.63, 3.8) is 0 Å². The van der Waals surface area contributed by atoms with E-state index in [2.05, 4.69) is 10.6 Å². The fraction of sp³-hybridized carbons (Fsp3) is 0.538. The molecule has 0 fully saturated rings. The Hall–Kier alpha value is -1.40. The van der Waals surface area contributed by atoms with E-state index in [4.69, 9.17) is 0 Å². The molecule has 1 heterocycles. The van der Waals surface area contributed by atoms with Crippen LogP contribution in [0.1, 0.15) is 18.7 Å². The van der Waals surface area contributed by atoms with Crippen LogP contribution < -0.4 is 10.6 Å². The van der Waals surface area contributed by atoms with Crippen LogP contribution in [0.15, 0.2) is 17.5 Å². The first-order valence-electron chi connectivity index (χ1n) is 6.43. The molecule has 2 amide bonds. The number of hydrogen-bond acceptors (Lipinski definition) is 4. The smallest absolute Gasteiger partial charge is 0.234 e. The van der Waals surface area contributed by atoms with Gasteiger partial charge in [-0.3, -0.25) is 14.5 Å². The maximum atomic E-state index is 11.8.